The van der Waals surface area contributed by atoms with Crippen molar-refractivity contribution in [3.8, 4) is 17.7 Å². The SMILES string of the molecule is CC#CCOc1cnc(C(F)=Cc2ccc(F)c(C3(C)N=C(N)N(C)S(=O)(=O)C3(C)C)c2)cn1. The number of rotatable bonds is 5. The average molecular weight is 490 g/mol. The summed E-state index contributed by atoms with van der Waals surface area (Å²) < 4.78 is 60.5. The van der Waals surface area contributed by atoms with Crippen molar-refractivity contribution < 1.29 is 21.9 Å². The van der Waals surface area contributed by atoms with Gasteiger partial charge < -0.3 is 10.5 Å². The molecular weight excluding hydrogens is 464 g/mol. The van der Waals surface area contributed by atoms with E-state index in [1.54, 1.807) is 6.92 Å². The van der Waals surface area contributed by atoms with Gasteiger partial charge in [-0.1, -0.05) is 12.0 Å². The van der Waals surface area contributed by atoms with Gasteiger partial charge in [-0.25, -0.2) is 36.5 Å². The van der Waals surface area contributed by atoms with E-state index in [-0.39, 0.29) is 35.3 Å². The van der Waals surface area contributed by atoms with Crippen molar-refractivity contribution in [3.63, 3.8) is 0 Å². The van der Waals surface area contributed by atoms with Gasteiger partial charge in [0, 0.05) is 12.6 Å². The molecule has 3 rings (SSSR count). The van der Waals surface area contributed by atoms with E-state index in [9.17, 15) is 17.2 Å². The van der Waals surface area contributed by atoms with Crippen LogP contribution < -0.4 is 10.5 Å². The van der Waals surface area contributed by atoms with Crippen LogP contribution in [0.3, 0.4) is 0 Å². The highest BCUT2D eigenvalue weighted by Crippen LogP contribution is 2.46. The van der Waals surface area contributed by atoms with Gasteiger partial charge >= 0.3 is 0 Å². The molecular formula is C23H25F2N5O3S. The Morgan fingerprint density at radius 1 is 1.26 bits per heavy atom. The summed E-state index contributed by atoms with van der Waals surface area (Å²) in [5.41, 5.74) is 4.45. The Morgan fingerprint density at radius 3 is 2.59 bits per heavy atom. The molecule has 0 amide bonds. The van der Waals surface area contributed by atoms with Gasteiger partial charge in [-0.05, 0) is 51.5 Å². The molecule has 1 aliphatic rings. The molecule has 180 valence electrons. The number of nitrogens with zero attached hydrogens (tertiary/aromatic N) is 4. The molecule has 1 atom stereocenters. The zero-order chi connectivity index (χ0) is 25.3. The second-order valence-corrected chi connectivity index (χ2v) is 10.7. The lowest BCUT2D eigenvalue weighted by Crippen LogP contribution is -2.62. The molecule has 2 N–H and O–H groups in total. The number of halogens is 2. The summed E-state index contributed by atoms with van der Waals surface area (Å²) in [6.07, 6.45) is 3.60. The van der Waals surface area contributed by atoms with E-state index in [0.29, 0.717) is 0 Å². The first kappa shape index (κ1) is 25.1. The lowest BCUT2D eigenvalue weighted by molar-refractivity contribution is 0.327. The topological polar surface area (TPSA) is 111 Å². The molecule has 8 nitrogen and oxygen atoms in total. The monoisotopic (exact) mass is 489 g/mol. The minimum absolute atomic E-state index is 0.0365. The van der Waals surface area contributed by atoms with E-state index in [0.717, 1.165) is 16.4 Å². The summed E-state index contributed by atoms with van der Waals surface area (Å²) in [5, 5.41) is 0. The van der Waals surface area contributed by atoms with E-state index in [1.807, 2.05) is 0 Å². The molecule has 0 aliphatic carbocycles. The van der Waals surface area contributed by atoms with Crippen molar-refractivity contribution in [2.45, 2.75) is 38.0 Å². The van der Waals surface area contributed by atoms with E-state index in [2.05, 4.69) is 26.8 Å². The Balaban J connectivity index is 2.01. The third-order valence-electron chi connectivity index (χ3n) is 5.99. The Morgan fingerprint density at radius 2 is 1.97 bits per heavy atom. The van der Waals surface area contributed by atoms with E-state index in [4.69, 9.17) is 10.5 Å². The molecule has 1 aliphatic heterocycles. The smallest absolute Gasteiger partial charge is 0.245 e. The van der Waals surface area contributed by atoms with Gasteiger partial charge in [0.1, 0.15) is 21.8 Å². The maximum atomic E-state index is 15.0. The zero-order valence-corrected chi connectivity index (χ0v) is 20.2. The van der Waals surface area contributed by atoms with Crippen LogP contribution >= 0.6 is 0 Å². The van der Waals surface area contributed by atoms with Crippen LogP contribution in [-0.4, -0.2) is 47.1 Å². The fourth-order valence-corrected chi connectivity index (χ4v) is 5.09. The van der Waals surface area contributed by atoms with Gasteiger partial charge in [0.25, 0.3) is 0 Å². The predicted molar refractivity (Wildman–Crippen MR) is 126 cm³/mol. The quantitative estimate of drug-likeness (QED) is 0.647. The number of hydrogen-bond acceptors (Lipinski definition) is 7. The van der Waals surface area contributed by atoms with Crippen LogP contribution in [0.5, 0.6) is 5.88 Å². The highest BCUT2D eigenvalue weighted by Gasteiger charge is 2.57. The van der Waals surface area contributed by atoms with Crippen molar-refractivity contribution in [1.82, 2.24) is 14.3 Å². The summed E-state index contributed by atoms with van der Waals surface area (Å²) in [4.78, 5) is 12.3. The van der Waals surface area contributed by atoms with Gasteiger partial charge in [0.05, 0.1) is 12.4 Å². The molecule has 2 heterocycles. The number of benzene rings is 1. The van der Waals surface area contributed by atoms with Crippen molar-refractivity contribution in [3.05, 3.63) is 53.2 Å². The van der Waals surface area contributed by atoms with Crippen molar-refractivity contribution in [2.75, 3.05) is 13.7 Å². The largest absolute Gasteiger partial charge is 0.463 e. The number of hydrogen-bond donors (Lipinski definition) is 1. The number of ether oxygens (including phenoxy) is 1. The molecule has 0 saturated carbocycles. The number of nitrogens with two attached hydrogens (primary N) is 1. The Kier molecular flexibility index (Phi) is 6.66. The lowest BCUT2D eigenvalue weighted by atomic mass is 9.80. The van der Waals surface area contributed by atoms with Gasteiger partial charge in [-0.3, -0.25) is 0 Å². The fraction of sp³-hybridized carbons (Fsp3) is 0.348. The molecule has 0 bridgehead atoms. The standard InChI is InChI=1S/C23H25F2N5O3S/c1-6-7-10-33-20-14-27-19(13-28-20)18(25)12-15-8-9-17(24)16(11-15)23(4)22(2,3)34(31,32)30(5)21(26)29-23/h8-9,11-14H,10H2,1-5H3,(H2,26,29). The van der Waals surface area contributed by atoms with Crippen molar-refractivity contribution in [1.29, 1.82) is 0 Å². The van der Waals surface area contributed by atoms with Crippen molar-refractivity contribution >= 4 is 27.9 Å². The fourth-order valence-electron chi connectivity index (χ4n) is 3.46. The van der Waals surface area contributed by atoms with E-state index in [1.165, 1.54) is 52.3 Å². The summed E-state index contributed by atoms with van der Waals surface area (Å²) in [5.74, 6) is 3.89. The molecule has 0 spiro atoms. The first-order valence-electron chi connectivity index (χ1n) is 10.2. The minimum Gasteiger partial charge on any atom is -0.463 e. The predicted octanol–water partition coefficient (Wildman–Crippen LogP) is 3.07. The number of aliphatic imine (C=N–C) groups is 1. The normalized spacial score (nSPS) is 21.3. The van der Waals surface area contributed by atoms with Crippen LogP contribution in [0.2, 0.25) is 0 Å². The minimum atomic E-state index is -3.97. The Bertz CT molecular complexity index is 1330. The Hall–Kier alpha value is -3.52. The molecule has 2 aromatic rings. The molecule has 1 aromatic heterocycles. The highest BCUT2D eigenvalue weighted by molar-refractivity contribution is 7.91. The molecule has 0 fully saturated rings. The van der Waals surface area contributed by atoms with Crippen LogP contribution in [-0.2, 0) is 15.6 Å². The Labute approximate surface area is 197 Å². The van der Waals surface area contributed by atoms with Gasteiger partial charge in [-0.2, -0.15) is 0 Å². The maximum Gasteiger partial charge on any atom is 0.245 e. The van der Waals surface area contributed by atoms with Crippen LogP contribution in [0.15, 0.2) is 35.6 Å². The number of guanidine groups is 1. The first-order valence-corrected chi connectivity index (χ1v) is 11.6. The molecule has 0 saturated heterocycles. The molecule has 11 heteroatoms. The van der Waals surface area contributed by atoms with Gasteiger partial charge in [0.15, 0.2) is 12.4 Å². The van der Waals surface area contributed by atoms with Crippen LogP contribution in [0.1, 0.15) is 44.5 Å². The summed E-state index contributed by atoms with van der Waals surface area (Å²) in [7, 11) is -2.68. The first-order chi connectivity index (χ1) is 15.8. The van der Waals surface area contributed by atoms with E-state index >= 15 is 0 Å². The van der Waals surface area contributed by atoms with E-state index < -0.39 is 32.0 Å². The summed E-state index contributed by atoms with van der Waals surface area (Å²) >= 11 is 0. The third-order valence-corrected chi connectivity index (χ3v) is 8.58. The molecule has 0 radical (unpaired) electrons. The van der Waals surface area contributed by atoms with Crippen LogP contribution in [0.4, 0.5) is 8.78 Å². The lowest BCUT2D eigenvalue weighted by Gasteiger charge is -2.46. The third kappa shape index (κ3) is 4.21. The number of aromatic nitrogens is 2. The average Bonchev–Trinajstić information content (AvgIpc) is 2.79. The summed E-state index contributed by atoms with van der Waals surface area (Å²) in [6, 6.07) is 3.84. The maximum absolute atomic E-state index is 15.0. The summed E-state index contributed by atoms with van der Waals surface area (Å²) in [6.45, 7) is 6.19. The number of sulfonamides is 1. The van der Waals surface area contributed by atoms with Gasteiger partial charge in [-0.15, -0.1) is 5.92 Å². The highest BCUT2D eigenvalue weighted by atomic mass is 32.2. The second kappa shape index (κ2) is 9.02. The van der Waals surface area contributed by atoms with Crippen LogP contribution in [0, 0.1) is 17.7 Å². The van der Waals surface area contributed by atoms with Gasteiger partial charge in [0.2, 0.25) is 21.9 Å². The second-order valence-electron chi connectivity index (χ2n) is 8.21. The molecule has 1 unspecified atom stereocenters. The zero-order valence-electron chi connectivity index (χ0n) is 19.4. The van der Waals surface area contributed by atoms with Crippen LogP contribution in [0.25, 0.3) is 11.9 Å². The molecule has 34 heavy (non-hydrogen) atoms. The van der Waals surface area contributed by atoms with Crippen molar-refractivity contribution in [2.24, 2.45) is 10.7 Å². The molecule has 1 aromatic carbocycles.